The summed E-state index contributed by atoms with van der Waals surface area (Å²) in [5, 5.41) is 16.6. The van der Waals surface area contributed by atoms with Crippen LogP contribution in [0, 0.1) is 0 Å². The molecule has 0 radical (unpaired) electrons. The lowest BCUT2D eigenvalue weighted by atomic mass is 10.1. The average molecular weight is 349 g/mol. The van der Waals surface area contributed by atoms with Crippen LogP contribution in [-0.4, -0.2) is 42.2 Å². The highest BCUT2D eigenvalue weighted by Crippen LogP contribution is 2.19. The Kier molecular flexibility index (Phi) is 6.62. The molecule has 1 aliphatic carbocycles. The van der Waals surface area contributed by atoms with Crippen molar-refractivity contribution in [3.63, 3.8) is 0 Å². The van der Waals surface area contributed by atoms with Crippen molar-refractivity contribution >= 4 is 17.9 Å². The molecular formula is C17H23N3O5. The minimum atomic E-state index is -0.963. The van der Waals surface area contributed by atoms with Crippen LogP contribution in [0.15, 0.2) is 24.3 Å². The van der Waals surface area contributed by atoms with Crippen LogP contribution in [0.5, 0.6) is 5.75 Å². The van der Waals surface area contributed by atoms with Gasteiger partial charge in [0.2, 0.25) is 0 Å². The van der Waals surface area contributed by atoms with Crippen LogP contribution in [0.4, 0.5) is 4.79 Å². The van der Waals surface area contributed by atoms with Crippen molar-refractivity contribution in [3.8, 4) is 5.75 Å². The second kappa shape index (κ2) is 8.91. The Morgan fingerprint density at radius 1 is 1.24 bits per heavy atom. The third-order valence-electron chi connectivity index (χ3n) is 3.66. The maximum absolute atomic E-state index is 11.7. The van der Waals surface area contributed by atoms with Gasteiger partial charge in [0.1, 0.15) is 5.75 Å². The molecule has 1 aromatic rings. The molecule has 25 heavy (non-hydrogen) atoms. The molecule has 0 heterocycles. The lowest BCUT2D eigenvalue weighted by Crippen LogP contribution is -2.38. The first-order valence-electron chi connectivity index (χ1n) is 8.22. The summed E-state index contributed by atoms with van der Waals surface area (Å²) in [6.45, 7) is 1.87. The van der Waals surface area contributed by atoms with Crippen molar-refractivity contribution in [3.05, 3.63) is 29.8 Å². The van der Waals surface area contributed by atoms with Gasteiger partial charge in [0.25, 0.3) is 5.91 Å². The number of ether oxygens (including phenoxy) is 1. The van der Waals surface area contributed by atoms with Gasteiger partial charge in [-0.2, -0.15) is 0 Å². The fourth-order valence-corrected chi connectivity index (χ4v) is 2.11. The standard InChI is InChI=1S/C17H23N3O5/c1-11(19-17(24)18-9-8-16(22)23)12-2-6-14(7-3-12)25-10-15(21)20-13-4-5-13/h2-3,6-7,11,13H,4-5,8-10H2,1H3,(H,20,21)(H,22,23)(H2,18,19,24). The molecule has 4 N–H and O–H groups in total. The van der Waals surface area contributed by atoms with Gasteiger partial charge in [-0.25, -0.2) is 4.79 Å². The van der Waals surface area contributed by atoms with E-state index in [-0.39, 0.29) is 31.5 Å². The van der Waals surface area contributed by atoms with Crippen LogP contribution in [0.2, 0.25) is 0 Å². The summed E-state index contributed by atoms with van der Waals surface area (Å²) in [4.78, 5) is 33.6. The maximum atomic E-state index is 11.7. The summed E-state index contributed by atoms with van der Waals surface area (Å²) >= 11 is 0. The number of hydrogen-bond acceptors (Lipinski definition) is 4. The predicted octanol–water partition coefficient (Wildman–Crippen LogP) is 1.18. The molecule has 0 saturated heterocycles. The highest BCUT2D eigenvalue weighted by atomic mass is 16.5. The molecule has 0 spiro atoms. The number of rotatable bonds is 9. The summed E-state index contributed by atoms with van der Waals surface area (Å²) in [6.07, 6.45) is 1.95. The van der Waals surface area contributed by atoms with Gasteiger partial charge < -0.3 is 25.8 Å². The van der Waals surface area contributed by atoms with Gasteiger partial charge in [0.15, 0.2) is 6.61 Å². The van der Waals surface area contributed by atoms with Crippen molar-refractivity contribution in [2.45, 2.75) is 38.3 Å². The third kappa shape index (κ3) is 7.11. The van der Waals surface area contributed by atoms with Gasteiger partial charge in [0.05, 0.1) is 12.5 Å². The third-order valence-corrected chi connectivity index (χ3v) is 3.66. The van der Waals surface area contributed by atoms with Crippen molar-refractivity contribution in [1.29, 1.82) is 0 Å². The van der Waals surface area contributed by atoms with Gasteiger partial charge in [-0.05, 0) is 37.5 Å². The zero-order chi connectivity index (χ0) is 18.2. The minimum Gasteiger partial charge on any atom is -0.484 e. The van der Waals surface area contributed by atoms with E-state index in [4.69, 9.17) is 9.84 Å². The molecule has 0 aliphatic heterocycles. The Bertz CT molecular complexity index is 613. The van der Waals surface area contributed by atoms with E-state index in [0.29, 0.717) is 11.8 Å². The minimum absolute atomic E-state index is 0.0182. The smallest absolute Gasteiger partial charge is 0.315 e. The molecule has 136 valence electrons. The van der Waals surface area contributed by atoms with Gasteiger partial charge in [-0.3, -0.25) is 9.59 Å². The molecule has 8 nitrogen and oxygen atoms in total. The Morgan fingerprint density at radius 2 is 1.92 bits per heavy atom. The van der Waals surface area contributed by atoms with Crippen molar-refractivity contribution in [2.75, 3.05) is 13.2 Å². The van der Waals surface area contributed by atoms with Gasteiger partial charge >= 0.3 is 12.0 Å². The molecule has 1 aromatic carbocycles. The summed E-state index contributed by atoms with van der Waals surface area (Å²) in [5.74, 6) is -0.512. The first-order valence-corrected chi connectivity index (χ1v) is 8.22. The number of carboxylic acid groups (broad SMARTS) is 1. The quantitative estimate of drug-likeness (QED) is 0.534. The van der Waals surface area contributed by atoms with E-state index in [0.717, 1.165) is 18.4 Å². The molecule has 0 bridgehead atoms. The Balaban J connectivity index is 1.72. The molecule has 1 fully saturated rings. The highest BCUT2D eigenvalue weighted by Gasteiger charge is 2.23. The van der Waals surface area contributed by atoms with Crippen LogP contribution < -0.4 is 20.7 Å². The molecule has 3 amide bonds. The molecular weight excluding hydrogens is 326 g/mol. The number of carbonyl (C=O) groups excluding carboxylic acids is 2. The van der Waals surface area contributed by atoms with Crippen LogP contribution >= 0.6 is 0 Å². The highest BCUT2D eigenvalue weighted by molar-refractivity contribution is 5.78. The monoisotopic (exact) mass is 349 g/mol. The van der Waals surface area contributed by atoms with E-state index >= 15 is 0 Å². The largest absolute Gasteiger partial charge is 0.484 e. The summed E-state index contributed by atoms with van der Waals surface area (Å²) in [7, 11) is 0. The van der Waals surface area contributed by atoms with Crippen LogP contribution in [0.25, 0.3) is 0 Å². The second-order valence-electron chi connectivity index (χ2n) is 5.97. The maximum Gasteiger partial charge on any atom is 0.315 e. The van der Waals surface area contributed by atoms with Gasteiger partial charge in [-0.15, -0.1) is 0 Å². The number of carbonyl (C=O) groups is 3. The van der Waals surface area contributed by atoms with Crippen LogP contribution in [0.3, 0.4) is 0 Å². The summed E-state index contributed by atoms with van der Waals surface area (Å²) in [5.41, 5.74) is 0.864. The summed E-state index contributed by atoms with van der Waals surface area (Å²) < 4.78 is 5.42. The molecule has 8 heteroatoms. The van der Waals surface area contributed by atoms with Crippen molar-refractivity contribution < 1.29 is 24.2 Å². The number of amides is 3. The predicted molar refractivity (Wildman–Crippen MR) is 90.3 cm³/mol. The lowest BCUT2D eigenvalue weighted by molar-refractivity contribution is -0.136. The number of urea groups is 1. The van der Waals surface area contributed by atoms with Crippen molar-refractivity contribution in [2.24, 2.45) is 0 Å². The topological polar surface area (TPSA) is 117 Å². The van der Waals surface area contributed by atoms with E-state index in [2.05, 4.69) is 16.0 Å². The SMILES string of the molecule is CC(NC(=O)NCCC(=O)O)c1ccc(OCC(=O)NC2CC2)cc1. The first-order chi connectivity index (χ1) is 11.9. The van der Waals surface area contributed by atoms with E-state index in [9.17, 15) is 14.4 Å². The number of carboxylic acids is 1. The first kappa shape index (κ1) is 18.6. The molecule has 1 saturated carbocycles. The van der Waals surface area contributed by atoms with E-state index in [1.807, 2.05) is 6.92 Å². The fraction of sp³-hybridized carbons (Fsp3) is 0.471. The molecule has 1 aliphatic rings. The molecule has 1 atom stereocenters. The second-order valence-corrected chi connectivity index (χ2v) is 5.97. The number of aliphatic carboxylic acids is 1. The van der Waals surface area contributed by atoms with Gasteiger partial charge in [0, 0.05) is 12.6 Å². The number of hydrogen-bond donors (Lipinski definition) is 4. The lowest BCUT2D eigenvalue weighted by Gasteiger charge is -2.15. The summed E-state index contributed by atoms with van der Waals surface area (Å²) in [6, 6.07) is 6.71. The Hall–Kier alpha value is -2.77. The average Bonchev–Trinajstić information content (AvgIpc) is 3.37. The normalized spacial score (nSPS) is 14.3. The Labute approximate surface area is 145 Å². The molecule has 2 rings (SSSR count). The van der Waals surface area contributed by atoms with Gasteiger partial charge in [-0.1, -0.05) is 12.1 Å². The zero-order valence-corrected chi connectivity index (χ0v) is 14.1. The van der Waals surface area contributed by atoms with Crippen LogP contribution in [0.1, 0.15) is 37.8 Å². The van der Waals surface area contributed by atoms with Crippen molar-refractivity contribution in [1.82, 2.24) is 16.0 Å². The fourth-order valence-electron chi connectivity index (χ4n) is 2.11. The van der Waals surface area contributed by atoms with E-state index in [1.165, 1.54) is 0 Å². The molecule has 0 aromatic heterocycles. The number of nitrogens with one attached hydrogen (secondary N) is 3. The molecule has 1 unspecified atom stereocenters. The van der Waals surface area contributed by atoms with E-state index < -0.39 is 12.0 Å². The van der Waals surface area contributed by atoms with Crippen LogP contribution in [-0.2, 0) is 9.59 Å². The number of benzene rings is 1. The zero-order valence-electron chi connectivity index (χ0n) is 14.1. The Morgan fingerprint density at radius 3 is 2.52 bits per heavy atom. The van der Waals surface area contributed by atoms with E-state index in [1.54, 1.807) is 24.3 Å².